The van der Waals surface area contributed by atoms with Crippen molar-refractivity contribution in [3.63, 3.8) is 0 Å². The van der Waals surface area contributed by atoms with E-state index in [0.29, 0.717) is 12.6 Å². The zero-order valence-corrected chi connectivity index (χ0v) is 18.1. The number of guanidine groups is 1. The van der Waals surface area contributed by atoms with Crippen molar-refractivity contribution < 1.29 is 19.0 Å². The van der Waals surface area contributed by atoms with Gasteiger partial charge in [0.2, 0.25) is 0 Å². The Morgan fingerprint density at radius 2 is 1.89 bits per heavy atom. The Labute approximate surface area is 168 Å². The molecule has 7 nitrogen and oxygen atoms in total. The molecule has 0 unspecified atom stereocenters. The van der Waals surface area contributed by atoms with Crippen LogP contribution in [0.25, 0.3) is 0 Å². The number of carbonyl (C=O) groups excluding carboxylic acids is 1. The molecule has 28 heavy (non-hydrogen) atoms. The standard InChI is InChI=1S/C21H35N3O4/c1-7-22-20(24-15-19(25)28-21(3,4)5)23-13-9-10-16-11-12-17(26-6)18(14-16)27-8-2/h11-12,14H,7-10,13,15H2,1-6H3,(H2,22,23,24). The number of aryl methyl sites for hydroxylation is 1. The highest BCUT2D eigenvalue weighted by Crippen LogP contribution is 2.28. The molecular formula is C21H35N3O4. The van der Waals surface area contributed by atoms with E-state index in [-0.39, 0.29) is 12.5 Å². The third kappa shape index (κ3) is 9.48. The first-order valence-electron chi connectivity index (χ1n) is 9.82. The van der Waals surface area contributed by atoms with Crippen molar-refractivity contribution in [1.82, 2.24) is 10.6 Å². The van der Waals surface area contributed by atoms with Crippen molar-refractivity contribution in [2.75, 3.05) is 33.4 Å². The molecule has 0 saturated heterocycles. The highest BCUT2D eigenvalue weighted by atomic mass is 16.6. The first-order valence-corrected chi connectivity index (χ1v) is 9.82. The number of ether oxygens (including phenoxy) is 3. The normalized spacial score (nSPS) is 11.7. The fourth-order valence-corrected chi connectivity index (χ4v) is 2.50. The second kappa shape index (κ2) is 12.1. The monoisotopic (exact) mass is 393 g/mol. The minimum atomic E-state index is -0.503. The molecule has 0 aliphatic rings. The predicted molar refractivity (Wildman–Crippen MR) is 112 cm³/mol. The predicted octanol–water partition coefficient (Wildman–Crippen LogP) is 2.92. The lowest BCUT2D eigenvalue weighted by Gasteiger charge is -2.19. The SMILES string of the molecule is CCNC(=NCC(=O)OC(C)(C)C)NCCCc1ccc(OC)c(OCC)c1. The summed E-state index contributed by atoms with van der Waals surface area (Å²) < 4.78 is 16.2. The largest absolute Gasteiger partial charge is 0.493 e. The maximum absolute atomic E-state index is 11.8. The maximum Gasteiger partial charge on any atom is 0.328 e. The van der Waals surface area contributed by atoms with Crippen LogP contribution in [-0.4, -0.2) is 50.9 Å². The minimum Gasteiger partial charge on any atom is -0.493 e. The van der Waals surface area contributed by atoms with Crippen LogP contribution in [-0.2, 0) is 16.0 Å². The van der Waals surface area contributed by atoms with Crippen molar-refractivity contribution >= 4 is 11.9 Å². The van der Waals surface area contributed by atoms with Gasteiger partial charge in [-0.05, 0) is 65.2 Å². The first kappa shape index (κ1) is 23.6. The summed E-state index contributed by atoms with van der Waals surface area (Å²) in [6.07, 6.45) is 1.80. The zero-order chi connectivity index (χ0) is 21.0. The van der Waals surface area contributed by atoms with Gasteiger partial charge >= 0.3 is 5.97 Å². The van der Waals surface area contributed by atoms with Gasteiger partial charge in [-0.15, -0.1) is 0 Å². The Kier molecular flexibility index (Phi) is 10.2. The van der Waals surface area contributed by atoms with E-state index in [4.69, 9.17) is 14.2 Å². The fourth-order valence-electron chi connectivity index (χ4n) is 2.50. The Bertz CT molecular complexity index is 639. The summed E-state index contributed by atoms with van der Waals surface area (Å²) in [6.45, 7) is 11.5. The van der Waals surface area contributed by atoms with Crippen molar-refractivity contribution in [1.29, 1.82) is 0 Å². The van der Waals surface area contributed by atoms with E-state index in [1.54, 1.807) is 7.11 Å². The molecule has 0 aliphatic heterocycles. The van der Waals surface area contributed by atoms with Crippen LogP contribution in [0.3, 0.4) is 0 Å². The van der Waals surface area contributed by atoms with E-state index in [1.807, 2.05) is 52.8 Å². The van der Waals surface area contributed by atoms with Gasteiger partial charge < -0.3 is 24.8 Å². The fraction of sp³-hybridized carbons (Fsp3) is 0.619. The van der Waals surface area contributed by atoms with Crippen LogP contribution in [0, 0.1) is 0 Å². The second-order valence-electron chi connectivity index (χ2n) is 7.23. The third-order valence-corrected chi connectivity index (χ3v) is 3.59. The van der Waals surface area contributed by atoms with E-state index in [0.717, 1.165) is 37.4 Å². The van der Waals surface area contributed by atoms with Gasteiger partial charge in [0.25, 0.3) is 0 Å². The quantitative estimate of drug-likeness (QED) is 0.275. The number of esters is 1. The van der Waals surface area contributed by atoms with Crippen LogP contribution in [0.15, 0.2) is 23.2 Å². The Hall–Kier alpha value is -2.44. The van der Waals surface area contributed by atoms with Crippen LogP contribution in [0.4, 0.5) is 0 Å². The summed E-state index contributed by atoms with van der Waals surface area (Å²) in [5, 5.41) is 6.38. The first-order chi connectivity index (χ1) is 13.3. The molecule has 7 heteroatoms. The number of benzene rings is 1. The number of methoxy groups -OCH3 is 1. The molecule has 0 aromatic heterocycles. The summed E-state index contributed by atoms with van der Waals surface area (Å²) in [6, 6.07) is 5.99. The Morgan fingerprint density at radius 1 is 1.14 bits per heavy atom. The molecular weight excluding hydrogens is 358 g/mol. The lowest BCUT2D eigenvalue weighted by Crippen LogP contribution is -2.38. The maximum atomic E-state index is 11.8. The third-order valence-electron chi connectivity index (χ3n) is 3.59. The number of nitrogens with one attached hydrogen (secondary N) is 2. The van der Waals surface area contributed by atoms with Gasteiger partial charge in [0, 0.05) is 13.1 Å². The van der Waals surface area contributed by atoms with Gasteiger partial charge in [-0.25, -0.2) is 4.99 Å². The molecule has 0 radical (unpaired) electrons. The summed E-state index contributed by atoms with van der Waals surface area (Å²) in [7, 11) is 1.64. The van der Waals surface area contributed by atoms with Crippen LogP contribution in [0.5, 0.6) is 11.5 Å². The molecule has 0 amide bonds. The lowest BCUT2D eigenvalue weighted by molar-refractivity contribution is -0.152. The zero-order valence-electron chi connectivity index (χ0n) is 18.1. The van der Waals surface area contributed by atoms with E-state index < -0.39 is 5.60 Å². The molecule has 1 rings (SSSR count). The van der Waals surface area contributed by atoms with Crippen LogP contribution in [0.1, 0.15) is 46.6 Å². The smallest absolute Gasteiger partial charge is 0.328 e. The summed E-state index contributed by atoms with van der Waals surface area (Å²) in [4.78, 5) is 16.1. The molecule has 0 atom stereocenters. The molecule has 1 aromatic carbocycles. The lowest BCUT2D eigenvalue weighted by atomic mass is 10.1. The van der Waals surface area contributed by atoms with Crippen molar-refractivity contribution in [3.8, 4) is 11.5 Å². The van der Waals surface area contributed by atoms with Crippen molar-refractivity contribution in [2.45, 2.75) is 53.1 Å². The van der Waals surface area contributed by atoms with Crippen LogP contribution in [0.2, 0.25) is 0 Å². The Balaban J connectivity index is 2.51. The highest BCUT2D eigenvalue weighted by Gasteiger charge is 2.15. The number of hydrogen-bond acceptors (Lipinski definition) is 5. The molecule has 2 N–H and O–H groups in total. The number of rotatable bonds is 10. The summed E-state index contributed by atoms with van der Waals surface area (Å²) in [5.74, 6) is 1.78. The van der Waals surface area contributed by atoms with Crippen molar-refractivity contribution in [2.24, 2.45) is 4.99 Å². The van der Waals surface area contributed by atoms with Gasteiger partial charge in [0.1, 0.15) is 12.1 Å². The minimum absolute atomic E-state index is 0.0111. The van der Waals surface area contributed by atoms with E-state index in [9.17, 15) is 4.79 Å². The van der Waals surface area contributed by atoms with Gasteiger partial charge in [-0.2, -0.15) is 0 Å². The van der Waals surface area contributed by atoms with E-state index in [1.165, 1.54) is 5.56 Å². The molecule has 0 spiro atoms. The van der Waals surface area contributed by atoms with Gasteiger partial charge in [0.05, 0.1) is 13.7 Å². The van der Waals surface area contributed by atoms with E-state index in [2.05, 4.69) is 15.6 Å². The highest BCUT2D eigenvalue weighted by molar-refractivity contribution is 5.83. The molecule has 0 fully saturated rings. The van der Waals surface area contributed by atoms with Crippen LogP contribution < -0.4 is 20.1 Å². The molecule has 0 saturated carbocycles. The van der Waals surface area contributed by atoms with Gasteiger partial charge in [-0.3, -0.25) is 4.79 Å². The van der Waals surface area contributed by atoms with Gasteiger partial charge in [-0.1, -0.05) is 6.07 Å². The average molecular weight is 394 g/mol. The second-order valence-corrected chi connectivity index (χ2v) is 7.23. The topological polar surface area (TPSA) is 81.2 Å². The molecule has 0 heterocycles. The van der Waals surface area contributed by atoms with E-state index >= 15 is 0 Å². The average Bonchev–Trinajstić information content (AvgIpc) is 2.62. The summed E-state index contributed by atoms with van der Waals surface area (Å²) in [5.41, 5.74) is 0.679. The van der Waals surface area contributed by atoms with Crippen molar-refractivity contribution in [3.05, 3.63) is 23.8 Å². The molecule has 0 aliphatic carbocycles. The molecule has 158 valence electrons. The Morgan fingerprint density at radius 3 is 2.50 bits per heavy atom. The molecule has 1 aromatic rings. The van der Waals surface area contributed by atoms with Crippen LogP contribution >= 0.6 is 0 Å². The molecule has 0 bridgehead atoms. The number of carbonyl (C=O) groups is 1. The number of nitrogens with zero attached hydrogens (tertiary/aromatic N) is 1. The summed E-state index contributed by atoms with van der Waals surface area (Å²) >= 11 is 0. The number of aliphatic imine (C=N–C) groups is 1. The number of hydrogen-bond donors (Lipinski definition) is 2. The van der Waals surface area contributed by atoms with Gasteiger partial charge in [0.15, 0.2) is 17.5 Å².